The third kappa shape index (κ3) is 2.98. The monoisotopic (exact) mass is 343 g/mol. The Morgan fingerprint density at radius 2 is 1.92 bits per heavy atom. The van der Waals surface area contributed by atoms with E-state index in [0.717, 1.165) is 20.9 Å². The van der Waals surface area contributed by atoms with Crippen LogP contribution in [-0.4, -0.2) is 26.1 Å². The van der Waals surface area contributed by atoms with Crippen LogP contribution in [0.1, 0.15) is 41.7 Å². The Morgan fingerprint density at radius 1 is 1.24 bits per heavy atom. The smallest absolute Gasteiger partial charge is 0.342 e. The predicted molar refractivity (Wildman–Crippen MR) is 89.1 cm³/mol. The number of aromatic nitrogens is 2. The molecule has 2 N–H and O–H groups in total. The molecule has 8 nitrogen and oxygen atoms in total. The Morgan fingerprint density at radius 3 is 2.44 bits per heavy atom. The van der Waals surface area contributed by atoms with Gasteiger partial charge in [0.1, 0.15) is 5.56 Å². The number of carboxylic acid groups (broad SMARTS) is 1. The first kappa shape index (κ1) is 16.7. The van der Waals surface area contributed by atoms with Crippen molar-refractivity contribution >= 4 is 11.9 Å². The van der Waals surface area contributed by atoms with E-state index in [9.17, 15) is 24.3 Å². The molecule has 2 heterocycles. The number of hydrogen-bond donors (Lipinski definition) is 2. The van der Waals surface area contributed by atoms with Crippen LogP contribution in [0, 0.1) is 0 Å². The summed E-state index contributed by atoms with van der Waals surface area (Å²) in [5.41, 5.74) is -0.526. The second kappa shape index (κ2) is 6.39. The molecule has 2 aromatic rings. The topological polar surface area (TPSA) is 110 Å². The number of carbonyl (C=O) groups excluding carboxylic acids is 1. The first-order valence-corrected chi connectivity index (χ1v) is 7.92. The van der Waals surface area contributed by atoms with E-state index in [4.69, 9.17) is 0 Å². The molecule has 0 spiro atoms. The van der Waals surface area contributed by atoms with Crippen molar-refractivity contribution in [3.63, 3.8) is 0 Å². The van der Waals surface area contributed by atoms with E-state index >= 15 is 0 Å². The Balaban J connectivity index is 2.06. The number of amides is 1. The van der Waals surface area contributed by atoms with Crippen molar-refractivity contribution in [3.05, 3.63) is 62.4 Å². The van der Waals surface area contributed by atoms with Gasteiger partial charge in [0, 0.05) is 19.2 Å². The summed E-state index contributed by atoms with van der Waals surface area (Å²) in [6.45, 7) is 1.68. The Bertz CT molecular complexity index is 956. The fourth-order valence-corrected chi connectivity index (χ4v) is 2.94. The molecule has 1 aromatic heterocycles. The van der Waals surface area contributed by atoms with Crippen LogP contribution in [0.2, 0.25) is 0 Å². The van der Waals surface area contributed by atoms with Gasteiger partial charge in [-0.05, 0) is 31.0 Å². The van der Waals surface area contributed by atoms with Crippen LogP contribution in [0.4, 0.5) is 0 Å². The highest BCUT2D eigenvalue weighted by atomic mass is 16.4. The maximum absolute atomic E-state index is 12.5. The summed E-state index contributed by atoms with van der Waals surface area (Å²) in [5, 5.41) is 12.1. The number of carboxylic acids is 1. The van der Waals surface area contributed by atoms with E-state index < -0.39 is 22.8 Å². The van der Waals surface area contributed by atoms with Crippen LogP contribution in [0.25, 0.3) is 5.69 Å². The third-order valence-electron chi connectivity index (χ3n) is 4.29. The lowest BCUT2D eigenvalue weighted by molar-refractivity contribution is -0.119. The molecule has 8 heteroatoms. The molecular formula is C17H17N3O5. The van der Waals surface area contributed by atoms with E-state index in [2.05, 4.69) is 5.32 Å². The molecule has 0 saturated carbocycles. The lowest BCUT2D eigenvalue weighted by Crippen LogP contribution is -2.41. The van der Waals surface area contributed by atoms with Crippen LogP contribution in [0.3, 0.4) is 0 Å². The number of hydrogen-bond acceptors (Lipinski definition) is 4. The highest BCUT2D eigenvalue weighted by Crippen LogP contribution is 2.24. The second-order valence-electron chi connectivity index (χ2n) is 5.80. The van der Waals surface area contributed by atoms with Gasteiger partial charge in [0.15, 0.2) is 0 Å². The number of nitrogens with zero attached hydrogens (tertiary/aromatic N) is 2. The molecule has 1 atom stereocenters. The predicted octanol–water partition coefficient (Wildman–Crippen LogP) is 0.668. The summed E-state index contributed by atoms with van der Waals surface area (Å²) in [6.07, 6.45) is 2.24. The van der Waals surface area contributed by atoms with Crippen molar-refractivity contribution in [1.29, 1.82) is 0 Å². The summed E-state index contributed by atoms with van der Waals surface area (Å²) in [4.78, 5) is 47.1. The molecule has 1 amide bonds. The molecule has 1 fully saturated rings. The highest BCUT2D eigenvalue weighted by molar-refractivity contribution is 5.86. The summed E-state index contributed by atoms with van der Waals surface area (Å²) in [7, 11) is 0. The zero-order valence-corrected chi connectivity index (χ0v) is 13.6. The van der Waals surface area contributed by atoms with Crippen LogP contribution in [0.5, 0.6) is 0 Å². The first-order chi connectivity index (χ1) is 11.9. The van der Waals surface area contributed by atoms with Crippen LogP contribution in [0.15, 0.2) is 40.1 Å². The van der Waals surface area contributed by atoms with E-state index in [0.29, 0.717) is 18.5 Å². The van der Waals surface area contributed by atoms with Gasteiger partial charge in [0.2, 0.25) is 5.91 Å². The minimum atomic E-state index is -1.38. The zero-order chi connectivity index (χ0) is 18.1. The van der Waals surface area contributed by atoms with Gasteiger partial charge in [-0.15, -0.1) is 0 Å². The summed E-state index contributed by atoms with van der Waals surface area (Å²) in [5.74, 6) is -1.38. The van der Waals surface area contributed by atoms with Gasteiger partial charge in [-0.2, -0.15) is 0 Å². The third-order valence-corrected chi connectivity index (χ3v) is 4.29. The fourth-order valence-electron chi connectivity index (χ4n) is 2.94. The average Bonchev–Trinajstić information content (AvgIpc) is 3.02. The van der Waals surface area contributed by atoms with Gasteiger partial charge in [0.25, 0.3) is 5.56 Å². The molecule has 1 aliphatic rings. The summed E-state index contributed by atoms with van der Waals surface area (Å²) >= 11 is 0. The maximum atomic E-state index is 12.5. The molecule has 3 rings (SSSR count). The quantitative estimate of drug-likeness (QED) is 0.848. The molecule has 0 bridgehead atoms. The summed E-state index contributed by atoms with van der Waals surface area (Å²) in [6, 6.07) is 6.83. The van der Waals surface area contributed by atoms with Crippen molar-refractivity contribution in [2.24, 2.45) is 0 Å². The van der Waals surface area contributed by atoms with Gasteiger partial charge in [-0.25, -0.2) is 9.59 Å². The normalized spacial score (nSPS) is 16.7. The van der Waals surface area contributed by atoms with Crippen molar-refractivity contribution in [2.45, 2.75) is 32.4 Å². The molecule has 130 valence electrons. The van der Waals surface area contributed by atoms with E-state index in [1.807, 2.05) is 0 Å². The molecule has 1 aliphatic heterocycles. The maximum Gasteiger partial charge on any atom is 0.342 e. The number of aromatic carboxylic acids is 1. The molecule has 1 saturated heterocycles. The minimum absolute atomic E-state index is 0.00594. The number of rotatable bonds is 4. The van der Waals surface area contributed by atoms with Crippen molar-refractivity contribution < 1.29 is 14.7 Å². The number of benzene rings is 1. The van der Waals surface area contributed by atoms with E-state index in [1.54, 1.807) is 31.2 Å². The van der Waals surface area contributed by atoms with Gasteiger partial charge >= 0.3 is 11.7 Å². The largest absolute Gasteiger partial charge is 0.477 e. The first-order valence-electron chi connectivity index (χ1n) is 7.92. The molecular weight excluding hydrogens is 326 g/mol. The Labute approximate surface area is 142 Å². The van der Waals surface area contributed by atoms with Crippen LogP contribution >= 0.6 is 0 Å². The standard InChI is InChI=1S/C17H17N3O5/c1-2-19-15(22)12(16(23)24)9-20(17(19)25)11-5-3-10(4-6-11)13-7-8-14(21)18-13/h3-6,9,13H,2,7-8H2,1H3,(H,18,21)(H,23,24). The van der Waals surface area contributed by atoms with Crippen LogP contribution in [-0.2, 0) is 11.3 Å². The minimum Gasteiger partial charge on any atom is -0.477 e. The zero-order valence-electron chi connectivity index (χ0n) is 13.6. The van der Waals surface area contributed by atoms with Gasteiger partial charge in [0.05, 0.1) is 11.7 Å². The Kier molecular flexibility index (Phi) is 4.26. The molecule has 0 radical (unpaired) electrons. The summed E-state index contributed by atoms with van der Waals surface area (Å²) < 4.78 is 2.03. The Hall–Kier alpha value is -3.16. The number of nitrogens with one attached hydrogen (secondary N) is 1. The highest BCUT2D eigenvalue weighted by Gasteiger charge is 2.22. The lowest BCUT2D eigenvalue weighted by Gasteiger charge is -2.13. The molecule has 25 heavy (non-hydrogen) atoms. The van der Waals surface area contributed by atoms with E-state index in [-0.39, 0.29) is 18.5 Å². The average molecular weight is 343 g/mol. The van der Waals surface area contributed by atoms with E-state index in [1.165, 1.54) is 0 Å². The molecule has 1 aromatic carbocycles. The van der Waals surface area contributed by atoms with Crippen LogP contribution < -0.4 is 16.6 Å². The van der Waals surface area contributed by atoms with Gasteiger partial charge < -0.3 is 10.4 Å². The van der Waals surface area contributed by atoms with Crippen molar-refractivity contribution in [2.75, 3.05) is 0 Å². The number of carbonyl (C=O) groups is 2. The van der Waals surface area contributed by atoms with Crippen molar-refractivity contribution in [1.82, 2.24) is 14.5 Å². The molecule has 0 aliphatic carbocycles. The van der Waals surface area contributed by atoms with Crippen molar-refractivity contribution in [3.8, 4) is 5.69 Å². The second-order valence-corrected chi connectivity index (χ2v) is 5.80. The van der Waals surface area contributed by atoms with Gasteiger partial charge in [-0.3, -0.25) is 18.7 Å². The molecule has 1 unspecified atom stereocenters. The van der Waals surface area contributed by atoms with Gasteiger partial charge in [-0.1, -0.05) is 12.1 Å². The fraction of sp³-hybridized carbons (Fsp3) is 0.294. The lowest BCUT2D eigenvalue weighted by atomic mass is 10.1. The SMILES string of the molecule is CCn1c(=O)c(C(=O)O)cn(-c2ccc(C3CCC(=O)N3)cc2)c1=O.